The van der Waals surface area contributed by atoms with E-state index in [1.54, 1.807) is 11.1 Å². The average Bonchev–Trinajstić information content (AvgIpc) is 3.14. The molecule has 1 aliphatic rings. The molecular formula is C19H24N4O2. The van der Waals surface area contributed by atoms with Gasteiger partial charge in [-0.2, -0.15) is 5.10 Å². The van der Waals surface area contributed by atoms with Crippen LogP contribution in [0, 0.1) is 13.8 Å². The summed E-state index contributed by atoms with van der Waals surface area (Å²) in [4.78, 5) is 25.5. The van der Waals surface area contributed by atoms with Crippen molar-refractivity contribution in [3.05, 3.63) is 47.3 Å². The van der Waals surface area contributed by atoms with Crippen molar-refractivity contribution in [2.45, 2.75) is 39.7 Å². The SMILES string of the molecule is Cc1ccccc1-n1ncc(C(C)NC(=O)CN2CCCC2=O)c1C. The van der Waals surface area contributed by atoms with Crippen molar-refractivity contribution < 1.29 is 9.59 Å². The van der Waals surface area contributed by atoms with Crippen LogP contribution in [0.2, 0.25) is 0 Å². The smallest absolute Gasteiger partial charge is 0.240 e. The Morgan fingerprint density at radius 1 is 1.32 bits per heavy atom. The Kier molecular flexibility index (Phi) is 4.88. The first-order valence-corrected chi connectivity index (χ1v) is 8.65. The van der Waals surface area contributed by atoms with Crippen molar-refractivity contribution in [1.29, 1.82) is 0 Å². The number of hydrogen-bond donors (Lipinski definition) is 1. The lowest BCUT2D eigenvalue weighted by molar-refractivity contribution is -0.133. The van der Waals surface area contributed by atoms with E-state index in [4.69, 9.17) is 0 Å². The summed E-state index contributed by atoms with van der Waals surface area (Å²) in [5.41, 5.74) is 4.15. The molecule has 1 N–H and O–H groups in total. The molecule has 132 valence electrons. The molecular weight excluding hydrogens is 316 g/mol. The summed E-state index contributed by atoms with van der Waals surface area (Å²) in [6.45, 7) is 6.80. The van der Waals surface area contributed by atoms with Gasteiger partial charge < -0.3 is 10.2 Å². The molecule has 25 heavy (non-hydrogen) atoms. The number of para-hydroxylation sites is 1. The van der Waals surface area contributed by atoms with Crippen LogP contribution in [0.1, 0.15) is 42.6 Å². The van der Waals surface area contributed by atoms with Gasteiger partial charge in [0.2, 0.25) is 11.8 Å². The van der Waals surface area contributed by atoms with Gasteiger partial charge in [-0.15, -0.1) is 0 Å². The van der Waals surface area contributed by atoms with Crippen LogP contribution in [0.3, 0.4) is 0 Å². The molecule has 6 nitrogen and oxygen atoms in total. The van der Waals surface area contributed by atoms with Crippen molar-refractivity contribution >= 4 is 11.8 Å². The highest BCUT2D eigenvalue weighted by Crippen LogP contribution is 2.22. The van der Waals surface area contributed by atoms with Crippen molar-refractivity contribution in [3.63, 3.8) is 0 Å². The number of hydrogen-bond acceptors (Lipinski definition) is 3. The van der Waals surface area contributed by atoms with E-state index in [0.717, 1.165) is 28.9 Å². The number of likely N-dealkylation sites (tertiary alicyclic amines) is 1. The number of carbonyl (C=O) groups is 2. The van der Waals surface area contributed by atoms with E-state index >= 15 is 0 Å². The number of benzene rings is 1. The van der Waals surface area contributed by atoms with Crippen LogP contribution < -0.4 is 5.32 Å². The lowest BCUT2D eigenvalue weighted by atomic mass is 10.1. The second-order valence-electron chi connectivity index (χ2n) is 6.59. The average molecular weight is 340 g/mol. The molecule has 3 rings (SSSR count). The first kappa shape index (κ1) is 17.2. The van der Waals surface area contributed by atoms with E-state index in [0.29, 0.717) is 13.0 Å². The summed E-state index contributed by atoms with van der Waals surface area (Å²) < 4.78 is 1.90. The van der Waals surface area contributed by atoms with E-state index in [9.17, 15) is 9.59 Å². The van der Waals surface area contributed by atoms with Crippen molar-refractivity contribution in [3.8, 4) is 5.69 Å². The Morgan fingerprint density at radius 2 is 2.08 bits per heavy atom. The predicted octanol–water partition coefficient (Wildman–Crippen LogP) is 2.29. The normalized spacial score (nSPS) is 15.5. The van der Waals surface area contributed by atoms with Gasteiger partial charge in [0, 0.05) is 24.2 Å². The Morgan fingerprint density at radius 3 is 2.76 bits per heavy atom. The predicted molar refractivity (Wildman–Crippen MR) is 95.4 cm³/mol. The summed E-state index contributed by atoms with van der Waals surface area (Å²) in [6.07, 6.45) is 3.18. The summed E-state index contributed by atoms with van der Waals surface area (Å²) in [5.74, 6) is -0.0721. The summed E-state index contributed by atoms with van der Waals surface area (Å²) in [6, 6.07) is 7.90. The molecule has 6 heteroatoms. The van der Waals surface area contributed by atoms with Gasteiger partial charge in [0.25, 0.3) is 0 Å². The standard InChI is InChI=1S/C19H24N4O2/c1-13-7-4-5-8-17(13)23-15(3)16(11-20-23)14(2)21-18(24)12-22-10-6-9-19(22)25/h4-5,7-8,11,14H,6,9-10,12H2,1-3H3,(H,21,24). The van der Waals surface area contributed by atoms with E-state index in [2.05, 4.69) is 10.4 Å². The maximum absolute atomic E-state index is 12.2. The highest BCUT2D eigenvalue weighted by Gasteiger charge is 2.23. The third kappa shape index (κ3) is 3.57. The first-order chi connectivity index (χ1) is 12.0. The summed E-state index contributed by atoms with van der Waals surface area (Å²) in [7, 11) is 0. The largest absolute Gasteiger partial charge is 0.348 e. The van der Waals surface area contributed by atoms with E-state index in [-0.39, 0.29) is 24.4 Å². The molecule has 2 aromatic rings. The van der Waals surface area contributed by atoms with Gasteiger partial charge in [0.05, 0.1) is 24.5 Å². The van der Waals surface area contributed by atoms with Gasteiger partial charge in [0.1, 0.15) is 0 Å². The number of rotatable bonds is 5. The molecule has 1 unspecified atom stereocenters. The highest BCUT2D eigenvalue weighted by atomic mass is 16.2. The molecule has 0 bridgehead atoms. The van der Waals surface area contributed by atoms with Crippen molar-refractivity contribution in [2.24, 2.45) is 0 Å². The van der Waals surface area contributed by atoms with Crippen LogP contribution in [0.25, 0.3) is 5.69 Å². The Bertz CT molecular complexity index is 796. The lowest BCUT2D eigenvalue weighted by Gasteiger charge is -2.18. The van der Waals surface area contributed by atoms with E-state index < -0.39 is 0 Å². The van der Waals surface area contributed by atoms with Crippen LogP contribution in [-0.4, -0.2) is 39.6 Å². The Balaban J connectivity index is 1.71. The molecule has 1 aliphatic heterocycles. The Hall–Kier alpha value is -2.63. The third-order valence-corrected chi connectivity index (χ3v) is 4.74. The van der Waals surface area contributed by atoms with E-state index in [1.165, 1.54) is 0 Å². The lowest BCUT2D eigenvalue weighted by Crippen LogP contribution is -2.38. The number of nitrogens with one attached hydrogen (secondary N) is 1. The maximum atomic E-state index is 12.2. The van der Waals surface area contributed by atoms with Crippen LogP contribution in [0.15, 0.2) is 30.5 Å². The highest BCUT2D eigenvalue weighted by molar-refractivity contribution is 5.86. The zero-order valence-electron chi connectivity index (χ0n) is 15.0. The van der Waals surface area contributed by atoms with Gasteiger partial charge >= 0.3 is 0 Å². The van der Waals surface area contributed by atoms with Crippen LogP contribution in [0.5, 0.6) is 0 Å². The quantitative estimate of drug-likeness (QED) is 0.908. The molecule has 0 spiro atoms. The molecule has 2 amide bonds. The monoisotopic (exact) mass is 340 g/mol. The number of aromatic nitrogens is 2. The summed E-state index contributed by atoms with van der Waals surface area (Å²) in [5, 5.41) is 7.47. The van der Waals surface area contributed by atoms with Gasteiger partial charge in [-0.1, -0.05) is 18.2 Å². The molecule has 0 aliphatic carbocycles. The molecule has 0 radical (unpaired) electrons. The molecule has 1 saturated heterocycles. The van der Waals surface area contributed by atoms with Crippen LogP contribution >= 0.6 is 0 Å². The minimum absolute atomic E-state index is 0.0614. The molecule has 1 aromatic carbocycles. The van der Waals surface area contributed by atoms with Crippen LogP contribution in [0.4, 0.5) is 0 Å². The van der Waals surface area contributed by atoms with Crippen molar-refractivity contribution in [2.75, 3.05) is 13.1 Å². The van der Waals surface area contributed by atoms with Crippen molar-refractivity contribution in [1.82, 2.24) is 20.0 Å². The molecule has 1 aromatic heterocycles. The van der Waals surface area contributed by atoms with Crippen LogP contribution in [-0.2, 0) is 9.59 Å². The summed E-state index contributed by atoms with van der Waals surface area (Å²) >= 11 is 0. The second kappa shape index (κ2) is 7.09. The fourth-order valence-corrected chi connectivity index (χ4v) is 3.30. The number of aryl methyl sites for hydroxylation is 1. The zero-order chi connectivity index (χ0) is 18.0. The number of amides is 2. The van der Waals surface area contributed by atoms with E-state index in [1.807, 2.05) is 49.7 Å². The van der Waals surface area contributed by atoms with Gasteiger partial charge in [0.15, 0.2) is 0 Å². The third-order valence-electron chi connectivity index (χ3n) is 4.74. The van der Waals surface area contributed by atoms with Gasteiger partial charge in [-0.25, -0.2) is 4.68 Å². The Labute approximate surface area is 147 Å². The number of nitrogens with zero attached hydrogens (tertiary/aromatic N) is 3. The number of carbonyl (C=O) groups excluding carboxylic acids is 2. The molecule has 1 atom stereocenters. The fourth-order valence-electron chi connectivity index (χ4n) is 3.30. The first-order valence-electron chi connectivity index (χ1n) is 8.65. The maximum Gasteiger partial charge on any atom is 0.240 e. The minimum Gasteiger partial charge on any atom is -0.348 e. The topological polar surface area (TPSA) is 67.2 Å². The van der Waals surface area contributed by atoms with Gasteiger partial charge in [-0.3, -0.25) is 9.59 Å². The van der Waals surface area contributed by atoms with Gasteiger partial charge in [-0.05, 0) is 38.8 Å². The zero-order valence-corrected chi connectivity index (χ0v) is 15.0. The molecule has 0 saturated carbocycles. The fraction of sp³-hybridized carbons (Fsp3) is 0.421. The molecule has 2 heterocycles. The minimum atomic E-state index is -0.164. The molecule has 1 fully saturated rings. The second-order valence-corrected chi connectivity index (χ2v) is 6.59.